The van der Waals surface area contributed by atoms with Crippen molar-refractivity contribution in [3.05, 3.63) is 69.7 Å². The number of carboxylic acids is 1. The average molecular weight is 291 g/mol. The largest absolute Gasteiger partial charge is 0.478 e. The van der Waals surface area contributed by atoms with E-state index >= 15 is 0 Å². The highest BCUT2D eigenvalue weighted by atomic mass is 79.9. The molecule has 1 N–H and O–H groups in total. The van der Waals surface area contributed by atoms with E-state index in [1.54, 1.807) is 18.2 Å². The Morgan fingerprint density at radius 1 is 1.12 bits per heavy atom. The molecule has 0 radical (unpaired) electrons. The van der Waals surface area contributed by atoms with Crippen LogP contribution < -0.4 is 0 Å². The third-order valence-electron chi connectivity index (χ3n) is 2.53. The molecule has 0 saturated heterocycles. The Bertz CT molecular complexity index is 549. The van der Waals surface area contributed by atoms with Gasteiger partial charge in [0.15, 0.2) is 0 Å². The molecule has 2 aromatic carbocycles. The standard InChI is InChI=1S/C14H11BrO2/c15-13-7-2-1-5-11(13)8-10-4-3-6-12(9-10)14(16)17/h1-7,9H,8H2,(H,16,17). The first kappa shape index (κ1) is 11.9. The van der Waals surface area contributed by atoms with E-state index in [1.165, 1.54) is 0 Å². The summed E-state index contributed by atoms with van der Waals surface area (Å²) in [5, 5.41) is 8.92. The summed E-state index contributed by atoms with van der Waals surface area (Å²) in [4.78, 5) is 10.9. The molecule has 0 atom stereocenters. The fraction of sp³-hybridized carbons (Fsp3) is 0.0714. The van der Waals surface area contributed by atoms with Crippen LogP contribution >= 0.6 is 15.9 Å². The van der Waals surface area contributed by atoms with E-state index in [4.69, 9.17) is 5.11 Å². The number of rotatable bonds is 3. The highest BCUT2D eigenvalue weighted by Crippen LogP contribution is 2.20. The van der Waals surface area contributed by atoms with Crippen molar-refractivity contribution in [3.8, 4) is 0 Å². The van der Waals surface area contributed by atoms with Crippen LogP contribution in [-0.4, -0.2) is 11.1 Å². The van der Waals surface area contributed by atoms with Gasteiger partial charge < -0.3 is 5.11 Å². The molecule has 0 amide bonds. The predicted octanol–water partition coefficient (Wildman–Crippen LogP) is 3.74. The maximum Gasteiger partial charge on any atom is 0.335 e. The van der Waals surface area contributed by atoms with Crippen LogP contribution in [0.4, 0.5) is 0 Å². The molecule has 0 aliphatic rings. The third-order valence-corrected chi connectivity index (χ3v) is 3.30. The van der Waals surface area contributed by atoms with E-state index in [0.717, 1.165) is 22.0 Å². The third kappa shape index (κ3) is 2.94. The molecule has 3 heteroatoms. The number of halogens is 1. The van der Waals surface area contributed by atoms with Gasteiger partial charge in [-0.1, -0.05) is 46.3 Å². The molecule has 2 aromatic rings. The van der Waals surface area contributed by atoms with Gasteiger partial charge in [0.2, 0.25) is 0 Å². The number of carboxylic acid groups (broad SMARTS) is 1. The summed E-state index contributed by atoms with van der Waals surface area (Å²) < 4.78 is 1.04. The van der Waals surface area contributed by atoms with E-state index in [1.807, 2.05) is 30.3 Å². The summed E-state index contributed by atoms with van der Waals surface area (Å²) in [7, 11) is 0. The van der Waals surface area contributed by atoms with Gasteiger partial charge in [-0.2, -0.15) is 0 Å². The van der Waals surface area contributed by atoms with Crippen molar-refractivity contribution < 1.29 is 9.90 Å². The van der Waals surface area contributed by atoms with Crippen molar-refractivity contribution in [1.29, 1.82) is 0 Å². The first-order valence-electron chi connectivity index (χ1n) is 5.22. The normalized spacial score (nSPS) is 10.2. The summed E-state index contributed by atoms with van der Waals surface area (Å²) in [5.74, 6) is -0.890. The second-order valence-corrected chi connectivity index (χ2v) is 4.63. The lowest BCUT2D eigenvalue weighted by Crippen LogP contribution is -1.98. The van der Waals surface area contributed by atoms with Crippen molar-refractivity contribution in [2.75, 3.05) is 0 Å². The van der Waals surface area contributed by atoms with E-state index in [2.05, 4.69) is 15.9 Å². The van der Waals surface area contributed by atoms with Gasteiger partial charge in [-0.15, -0.1) is 0 Å². The number of benzene rings is 2. The minimum atomic E-state index is -0.890. The second kappa shape index (κ2) is 5.15. The van der Waals surface area contributed by atoms with Crippen molar-refractivity contribution in [2.45, 2.75) is 6.42 Å². The number of hydrogen-bond acceptors (Lipinski definition) is 1. The Morgan fingerprint density at radius 3 is 2.59 bits per heavy atom. The molecule has 0 spiro atoms. The van der Waals surface area contributed by atoms with E-state index in [0.29, 0.717) is 5.56 Å². The minimum absolute atomic E-state index is 0.328. The maximum atomic E-state index is 10.9. The van der Waals surface area contributed by atoms with Gasteiger partial charge in [-0.05, 0) is 35.7 Å². The molecule has 2 nitrogen and oxygen atoms in total. The highest BCUT2D eigenvalue weighted by molar-refractivity contribution is 9.10. The van der Waals surface area contributed by atoms with Gasteiger partial charge in [0.1, 0.15) is 0 Å². The second-order valence-electron chi connectivity index (χ2n) is 3.77. The smallest absolute Gasteiger partial charge is 0.335 e. The lowest BCUT2D eigenvalue weighted by atomic mass is 10.0. The zero-order valence-electron chi connectivity index (χ0n) is 9.06. The topological polar surface area (TPSA) is 37.3 Å². The Kier molecular flexibility index (Phi) is 3.59. The molecular weight excluding hydrogens is 280 g/mol. The lowest BCUT2D eigenvalue weighted by Gasteiger charge is -2.05. The average Bonchev–Trinajstić information content (AvgIpc) is 2.32. The van der Waals surface area contributed by atoms with Crippen LogP contribution in [0.1, 0.15) is 21.5 Å². The van der Waals surface area contributed by atoms with Crippen LogP contribution in [0.25, 0.3) is 0 Å². The van der Waals surface area contributed by atoms with Gasteiger partial charge in [0, 0.05) is 4.47 Å². The molecule has 0 aliphatic heterocycles. The van der Waals surface area contributed by atoms with Crippen LogP contribution in [0.5, 0.6) is 0 Å². The summed E-state index contributed by atoms with van der Waals surface area (Å²) in [6, 6.07) is 15.0. The zero-order valence-corrected chi connectivity index (χ0v) is 10.6. The van der Waals surface area contributed by atoms with Gasteiger partial charge in [-0.3, -0.25) is 0 Å². The highest BCUT2D eigenvalue weighted by Gasteiger charge is 2.05. The molecule has 17 heavy (non-hydrogen) atoms. The van der Waals surface area contributed by atoms with Crippen LogP contribution in [0.2, 0.25) is 0 Å². The monoisotopic (exact) mass is 290 g/mol. The molecule has 0 unspecified atom stereocenters. The Labute approximate surface area is 108 Å². The van der Waals surface area contributed by atoms with Crippen LogP contribution in [-0.2, 0) is 6.42 Å². The fourth-order valence-electron chi connectivity index (χ4n) is 1.68. The van der Waals surface area contributed by atoms with E-state index < -0.39 is 5.97 Å². The summed E-state index contributed by atoms with van der Waals surface area (Å²) in [6.45, 7) is 0. The first-order chi connectivity index (χ1) is 8.16. The van der Waals surface area contributed by atoms with Gasteiger partial charge in [0.05, 0.1) is 5.56 Å². The molecular formula is C14H11BrO2. The summed E-state index contributed by atoms with van der Waals surface area (Å²) in [5.41, 5.74) is 2.47. The molecule has 86 valence electrons. The minimum Gasteiger partial charge on any atom is -0.478 e. The Morgan fingerprint density at radius 2 is 1.88 bits per heavy atom. The zero-order chi connectivity index (χ0) is 12.3. The van der Waals surface area contributed by atoms with Crippen LogP contribution in [0, 0.1) is 0 Å². The lowest BCUT2D eigenvalue weighted by molar-refractivity contribution is 0.0697. The van der Waals surface area contributed by atoms with E-state index in [-0.39, 0.29) is 0 Å². The number of carbonyl (C=O) groups is 1. The Hall–Kier alpha value is -1.61. The summed E-state index contributed by atoms with van der Waals surface area (Å²) >= 11 is 3.48. The van der Waals surface area contributed by atoms with Gasteiger partial charge >= 0.3 is 5.97 Å². The number of hydrogen-bond donors (Lipinski definition) is 1. The molecule has 0 heterocycles. The van der Waals surface area contributed by atoms with Gasteiger partial charge in [-0.25, -0.2) is 4.79 Å². The first-order valence-corrected chi connectivity index (χ1v) is 6.02. The maximum absolute atomic E-state index is 10.9. The SMILES string of the molecule is O=C(O)c1cccc(Cc2ccccc2Br)c1. The fourth-order valence-corrected chi connectivity index (χ4v) is 2.10. The van der Waals surface area contributed by atoms with Crippen LogP contribution in [0.15, 0.2) is 53.0 Å². The quantitative estimate of drug-likeness (QED) is 0.935. The molecule has 0 aliphatic carbocycles. The van der Waals surface area contributed by atoms with Crippen molar-refractivity contribution in [3.63, 3.8) is 0 Å². The van der Waals surface area contributed by atoms with Crippen molar-refractivity contribution in [2.24, 2.45) is 0 Å². The molecule has 0 aromatic heterocycles. The van der Waals surface area contributed by atoms with Crippen molar-refractivity contribution >= 4 is 21.9 Å². The van der Waals surface area contributed by atoms with E-state index in [9.17, 15) is 4.79 Å². The number of aromatic carboxylic acids is 1. The molecule has 2 rings (SSSR count). The summed E-state index contributed by atoms with van der Waals surface area (Å²) in [6.07, 6.45) is 0.725. The van der Waals surface area contributed by atoms with Crippen LogP contribution in [0.3, 0.4) is 0 Å². The van der Waals surface area contributed by atoms with Crippen molar-refractivity contribution in [1.82, 2.24) is 0 Å². The van der Waals surface area contributed by atoms with Gasteiger partial charge in [0.25, 0.3) is 0 Å². The molecule has 0 saturated carbocycles. The Balaban J connectivity index is 2.28. The molecule has 0 fully saturated rings. The predicted molar refractivity (Wildman–Crippen MR) is 70.3 cm³/mol. The molecule has 0 bridgehead atoms.